The van der Waals surface area contributed by atoms with Crippen LogP contribution in [0.2, 0.25) is 0 Å². The highest BCUT2D eigenvalue weighted by molar-refractivity contribution is 7.92. The number of aryl methyl sites for hydroxylation is 1. The number of nitrogens with zero attached hydrogens (tertiary/aromatic N) is 2. The standard InChI is InChI=1S/C28H33N3O5S/c1-5-29-28(33)22(3)30(19-23-10-9-13-25(18-23)36-4)27(32)20-31(24-11-7-6-8-12-24)37(34,35)26-16-14-21(2)15-17-26/h6-18,22H,5,19-20H2,1-4H3,(H,29,33)/t22-/m0/s1. The summed E-state index contributed by atoms with van der Waals surface area (Å²) in [5, 5.41) is 2.75. The average Bonchev–Trinajstić information content (AvgIpc) is 2.90. The second kappa shape index (κ2) is 12.4. The first-order valence-corrected chi connectivity index (χ1v) is 13.5. The number of sulfonamides is 1. The minimum absolute atomic E-state index is 0.0749. The number of likely N-dealkylation sites (N-methyl/N-ethyl adjacent to an activating group) is 1. The Morgan fingerprint density at radius 2 is 1.65 bits per heavy atom. The lowest BCUT2D eigenvalue weighted by molar-refractivity contribution is -0.139. The second-order valence-electron chi connectivity index (χ2n) is 8.60. The Morgan fingerprint density at radius 1 is 0.973 bits per heavy atom. The molecular weight excluding hydrogens is 490 g/mol. The fourth-order valence-corrected chi connectivity index (χ4v) is 5.25. The zero-order chi connectivity index (χ0) is 27.0. The number of ether oxygens (including phenoxy) is 1. The van der Waals surface area contributed by atoms with E-state index in [1.165, 1.54) is 17.0 Å². The van der Waals surface area contributed by atoms with Gasteiger partial charge in [-0.1, -0.05) is 48.0 Å². The van der Waals surface area contributed by atoms with E-state index in [0.717, 1.165) is 15.4 Å². The highest BCUT2D eigenvalue weighted by Gasteiger charge is 2.32. The third kappa shape index (κ3) is 6.89. The van der Waals surface area contributed by atoms with Crippen LogP contribution in [-0.2, 0) is 26.2 Å². The normalized spacial score (nSPS) is 11.9. The van der Waals surface area contributed by atoms with Gasteiger partial charge >= 0.3 is 0 Å². The maximum atomic E-state index is 13.8. The van der Waals surface area contributed by atoms with Gasteiger partial charge in [-0.3, -0.25) is 13.9 Å². The lowest BCUT2D eigenvalue weighted by Gasteiger charge is -2.32. The predicted molar refractivity (Wildman–Crippen MR) is 144 cm³/mol. The average molecular weight is 524 g/mol. The van der Waals surface area contributed by atoms with Crippen molar-refractivity contribution >= 4 is 27.5 Å². The molecule has 3 aromatic carbocycles. The van der Waals surface area contributed by atoms with Crippen LogP contribution in [0.15, 0.2) is 83.8 Å². The van der Waals surface area contributed by atoms with Gasteiger partial charge in [-0.15, -0.1) is 0 Å². The number of rotatable bonds is 11. The van der Waals surface area contributed by atoms with E-state index in [4.69, 9.17) is 4.74 Å². The van der Waals surface area contributed by atoms with Crippen LogP contribution in [0.25, 0.3) is 0 Å². The maximum Gasteiger partial charge on any atom is 0.264 e. The van der Waals surface area contributed by atoms with E-state index in [0.29, 0.717) is 18.0 Å². The summed E-state index contributed by atoms with van der Waals surface area (Å²) in [6.45, 7) is 5.32. The minimum Gasteiger partial charge on any atom is -0.497 e. The first-order chi connectivity index (χ1) is 17.7. The van der Waals surface area contributed by atoms with E-state index in [2.05, 4.69) is 5.32 Å². The Bertz CT molecular complexity index is 1310. The van der Waals surface area contributed by atoms with Crippen LogP contribution in [0.1, 0.15) is 25.0 Å². The van der Waals surface area contributed by atoms with Crippen LogP contribution >= 0.6 is 0 Å². The monoisotopic (exact) mass is 523 g/mol. The van der Waals surface area contributed by atoms with Gasteiger partial charge in [0, 0.05) is 13.1 Å². The van der Waals surface area contributed by atoms with Gasteiger partial charge in [0.15, 0.2) is 0 Å². The summed E-state index contributed by atoms with van der Waals surface area (Å²) in [5.41, 5.74) is 2.02. The van der Waals surface area contributed by atoms with Crippen LogP contribution in [0.4, 0.5) is 5.69 Å². The van der Waals surface area contributed by atoms with Gasteiger partial charge < -0.3 is 15.0 Å². The summed E-state index contributed by atoms with van der Waals surface area (Å²) in [6, 6.07) is 21.3. The molecule has 9 heteroatoms. The molecule has 8 nitrogen and oxygen atoms in total. The Balaban J connectivity index is 2.00. The summed E-state index contributed by atoms with van der Waals surface area (Å²) in [4.78, 5) is 28.0. The zero-order valence-electron chi connectivity index (χ0n) is 21.5. The molecule has 196 valence electrons. The Morgan fingerprint density at radius 3 is 2.27 bits per heavy atom. The molecule has 0 aliphatic rings. The molecule has 2 amide bonds. The van der Waals surface area contributed by atoms with Crippen molar-refractivity contribution in [1.29, 1.82) is 0 Å². The van der Waals surface area contributed by atoms with Crippen LogP contribution < -0.4 is 14.4 Å². The van der Waals surface area contributed by atoms with E-state index < -0.39 is 28.5 Å². The molecular formula is C28H33N3O5S. The van der Waals surface area contributed by atoms with Gasteiger partial charge in [-0.25, -0.2) is 8.42 Å². The molecule has 0 spiro atoms. The fourth-order valence-electron chi connectivity index (χ4n) is 3.83. The molecule has 0 aliphatic heterocycles. The van der Waals surface area contributed by atoms with E-state index in [1.807, 2.05) is 13.0 Å². The number of para-hydroxylation sites is 1. The highest BCUT2D eigenvalue weighted by atomic mass is 32.2. The number of hydrogen-bond donors (Lipinski definition) is 1. The number of anilines is 1. The molecule has 3 aromatic rings. The molecule has 0 saturated carbocycles. The van der Waals surface area contributed by atoms with Crippen LogP contribution in [0, 0.1) is 6.92 Å². The summed E-state index contributed by atoms with van der Waals surface area (Å²) in [5.74, 6) is -0.226. The van der Waals surface area contributed by atoms with Gasteiger partial charge in [0.1, 0.15) is 18.3 Å². The molecule has 0 aliphatic carbocycles. The lowest BCUT2D eigenvalue weighted by atomic mass is 10.1. The molecule has 3 rings (SSSR count). The number of nitrogens with one attached hydrogen (secondary N) is 1. The summed E-state index contributed by atoms with van der Waals surface area (Å²) >= 11 is 0. The van der Waals surface area contributed by atoms with Crippen molar-refractivity contribution in [3.8, 4) is 5.75 Å². The first kappa shape index (κ1) is 27.7. The van der Waals surface area contributed by atoms with Gasteiger partial charge in [-0.2, -0.15) is 0 Å². The number of hydrogen-bond acceptors (Lipinski definition) is 5. The molecule has 0 aromatic heterocycles. The number of methoxy groups -OCH3 is 1. The van der Waals surface area contributed by atoms with Gasteiger partial charge in [0.05, 0.1) is 17.7 Å². The van der Waals surface area contributed by atoms with Crippen molar-refractivity contribution in [2.24, 2.45) is 0 Å². The van der Waals surface area contributed by atoms with E-state index in [-0.39, 0.29) is 17.3 Å². The third-order valence-corrected chi connectivity index (χ3v) is 7.73. The SMILES string of the molecule is CCNC(=O)[C@H](C)N(Cc1cccc(OC)c1)C(=O)CN(c1ccccc1)S(=O)(=O)c1ccc(C)cc1. The van der Waals surface area contributed by atoms with Crippen molar-refractivity contribution in [1.82, 2.24) is 10.2 Å². The van der Waals surface area contributed by atoms with Gasteiger partial charge in [-0.05, 0) is 62.7 Å². The van der Waals surface area contributed by atoms with Gasteiger partial charge in [0.25, 0.3) is 10.0 Å². The van der Waals surface area contributed by atoms with E-state index in [1.54, 1.807) is 81.6 Å². The van der Waals surface area contributed by atoms with Crippen molar-refractivity contribution in [3.63, 3.8) is 0 Å². The summed E-state index contributed by atoms with van der Waals surface area (Å²) in [6.07, 6.45) is 0. The van der Waals surface area contributed by atoms with Crippen LogP contribution in [0.5, 0.6) is 5.75 Å². The van der Waals surface area contributed by atoms with E-state index >= 15 is 0 Å². The third-order valence-electron chi connectivity index (χ3n) is 5.94. The highest BCUT2D eigenvalue weighted by Crippen LogP contribution is 2.25. The number of benzene rings is 3. The second-order valence-corrected chi connectivity index (χ2v) is 10.5. The molecule has 0 heterocycles. The summed E-state index contributed by atoms with van der Waals surface area (Å²) in [7, 11) is -2.53. The molecule has 1 atom stereocenters. The van der Waals surface area contributed by atoms with Crippen molar-refractivity contribution < 1.29 is 22.7 Å². The fraction of sp³-hybridized carbons (Fsp3) is 0.286. The lowest BCUT2D eigenvalue weighted by Crippen LogP contribution is -2.51. The first-order valence-electron chi connectivity index (χ1n) is 12.0. The van der Waals surface area contributed by atoms with Crippen LogP contribution in [-0.4, -0.2) is 51.4 Å². The molecule has 0 fully saturated rings. The molecule has 0 saturated heterocycles. The Labute approximate surface area is 218 Å². The smallest absolute Gasteiger partial charge is 0.264 e. The molecule has 0 bridgehead atoms. The molecule has 0 radical (unpaired) electrons. The Hall–Kier alpha value is -3.85. The molecule has 1 N–H and O–H groups in total. The van der Waals surface area contributed by atoms with Crippen molar-refractivity contribution in [2.75, 3.05) is 24.5 Å². The molecule has 0 unspecified atom stereocenters. The topological polar surface area (TPSA) is 96.0 Å². The van der Waals surface area contributed by atoms with Crippen molar-refractivity contribution in [3.05, 3.63) is 90.0 Å². The number of carbonyl (C=O) groups is 2. The molecule has 37 heavy (non-hydrogen) atoms. The quantitative estimate of drug-likeness (QED) is 0.413. The van der Waals surface area contributed by atoms with Gasteiger partial charge in [0.2, 0.25) is 11.8 Å². The largest absolute Gasteiger partial charge is 0.497 e. The predicted octanol–water partition coefficient (Wildman–Crippen LogP) is 3.75. The maximum absolute atomic E-state index is 13.8. The Kier molecular flexibility index (Phi) is 9.30. The van der Waals surface area contributed by atoms with Crippen LogP contribution in [0.3, 0.4) is 0 Å². The summed E-state index contributed by atoms with van der Waals surface area (Å²) < 4.78 is 33.8. The zero-order valence-corrected chi connectivity index (χ0v) is 22.4. The van der Waals surface area contributed by atoms with E-state index in [9.17, 15) is 18.0 Å². The minimum atomic E-state index is -4.07. The number of amides is 2. The number of carbonyl (C=O) groups excluding carboxylic acids is 2. The van der Waals surface area contributed by atoms with Crippen molar-refractivity contribution in [2.45, 2.75) is 38.3 Å².